The normalized spacial score (nSPS) is 11.3. The van der Waals surface area contributed by atoms with Crippen LogP contribution < -0.4 is 0 Å². The van der Waals surface area contributed by atoms with Crippen molar-refractivity contribution >= 4 is 11.9 Å². The highest BCUT2D eigenvalue weighted by Gasteiger charge is 2.33. The molecule has 0 fully saturated rings. The van der Waals surface area contributed by atoms with E-state index in [1.165, 1.54) is 30.3 Å². The molecule has 3 rings (SSSR count). The van der Waals surface area contributed by atoms with E-state index in [1.54, 1.807) is 0 Å². The number of carboxylic acids is 1. The summed E-state index contributed by atoms with van der Waals surface area (Å²) in [4.78, 5) is 28.6. The van der Waals surface area contributed by atoms with Gasteiger partial charge in [0, 0.05) is 30.9 Å². The van der Waals surface area contributed by atoms with E-state index in [9.17, 15) is 31.5 Å². The van der Waals surface area contributed by atoms with Gasteiger partial charge in [-0.3, -0.25) is 4.79 Å². The number of benzene rings is 2. The zero-order valence-corrected chi connectivity index (χ0v) is 16.2. The number of rotatable bonds is 6. The lowest BCUT2D eigenvalue weighted by Gasteiger charge is -2.25. The van der Waals surface area contributed by atoms with Crippen molar-refractivity contribution in [3.8, 4) is 0 Å². The molecule has 1 aromatic heterocycles. The maximum Gasteiger partial charge on any atom is 0.416 e. The maximum absolute atomic E-state index is 13.6. The first kappa shape index (κ1) is 22.9. The SMILES string of the molecule is O=C(O)c1ccc(CN(Cc2ccccc2C(F)(F)F)C(=O)c2cc(F)cc(F)c2)cn1. The predicted molar refractivity (Wildman–Crippen MR) is 103 cm³/mol. The van der Waals surface area contributed by atoms with Gasteiger partial charge in [0.1, 0.15) is 17.3 Å². The molecule has 0 spiro atoms. The van der Waals surface area contributed by atoms with Crippen LogP contribution in [-0.4, -0.2) is 26.9 Å². The number of pyridine rings is 1. The highest BCUT2D eigenvalue weighted by molar-refractivity contribution is 5.94. The second kappa shape index (κ2) is 9.13. The number of carboxylic acid groups (broad SMARTS) is 1. The molecular weight excluding hydrogens is 435 g/mol. The van der Waals surface area contributed by atoms with Crippen LogP contribution in [0.5, 0.6) is 0 Å². The molecule has 1 N–H and O–H groups in total. The highest BCUT2D eigenvalue weighted by atomic mass is 19.4. The van der Waals surface area contributed by atoms with Gasteiger partial charge >= 0.3 is 12.1 Å². The van der Waals surface area contributed by atoms with Gasteiger partial charge in [0.05, 0.1) is 5.56 Å². The number of aromatic nitrogens is 1. The van der Waals surface area contributed by atoms with Crippen molar-refractivity contribution in [1.82, 2.24) is 9.88 Å². The summed E-state index contributed by atoms with van der Waals surface area (Å²) in [5.74, 6) is -4.23. The minimum Gasteiger partial charge on any atom is -0.477 e. The van der Waals surface area contributed by atoms with E-state index in [4.69, 9.17) is 5.11 Å². The summed E-state index contributed by atoms with van der Waals surface area (Å²) in [7, 11) is 0. The number of carbonyl (C=O) groups excluding carboxylic acids is 1. The lowest BCUT2D eigenvalue weighted by atomic mass is 10.1. The van der Waals surface area contributed by atoms with Crippen LogP contribution in [0, 0.1) is 11.6 Å². The quantitative estimate of drug-likeness (QED) is 0.542. The van der Waals surface area contributed by atoms with Crippen molar-refractivity contribution in [2.24, 2.45) is 0 Å². The fourth-order valence-corrected chi connectivity index (χ4v) is 3.06. The molecule has 1 heterocycles. The van der Waals surface area contributed by atoms with Gasteiger partial charge in [0.2, 0.25) is 0 Å². The third-order valence-corrected chi connectivity index (χ3v) is 4.50. The summed E-state index contributed by atoms with van der Waals surface area (Å²) < 4.78 is 67.5. The smallest absolute Gasteiger partial charge is 0.416 e. The summed E-state index contributed by atoms with van der Waals surface area (Å²) in [6.07, 6.45) is -3.52. The van der Waals surface area contributed by atoms with Gasteiger partial charge < -0.3 is 10.0 Å². The molecule has 0 aliphatic carbocycles. The first-order valence-corrected chi connectivity index (χ1v) is 9.13. The van der Waals surface area contributed by atoms with Crippen molar-refractivity contribution in [2.45, 2.75) is 19.3 Å². The second-order valence-corrected chi connectivity index (χ2v) is 6.83. The fourth-order valence-electron chi connectivity index (χ4n) is 3.06. The third kappa shape index (κ3) is 5.45. The van der Waals surface area contributed by atoms with E-state index in [0.29, 0.717) is 11.6 Å². The molecular formula is C22H15F5N2O3. The van der Waals surface area contributed by atoms with Crippen LogP contribution in [0.25, 0.3) is 0 Å². The van der Waals surface area contributed by atoms with Crippen molar-refractivity contribution in [1.29, 1.82) is 0 Å². The molecule has 0 saturated carbocycles. The molecule has 5 nitrogen and oxygen atoms in total. The molecule has 0 unspecified atom stereocenters. The summed E-state index contributed by atoms with van der Waals surface area (Å²) in [6, 6.07) is 9.27. The average molecular weight is 450 g/mol. The maximum atomic E-state index is 13.6. The molecule has 10 heteroatoms. The monoisotopic (exact) mass is 450 g/mol. The van der Waals surface area contributed by atoms with Crippen LogP contribution in [0.3, 0.4) is 0 Å². The first-order valence-electron chi connectivity index (χ1n) is 9.13. The van der Waals surface area contributed by atoms with Gasteiger partial charge in [-0.2, -0.15) is 13.2 Å². The number of carbonyl (C=O) groups is 2. The van der Waals surface area contributed by atoms with Crippen LogP contribution in [-0.2, 0) is 19.3 Å². The Hall–Kier alpha value is -3.82. The Kier molecular flexibility index (Phi) is 6.52. The Bertz CT molecular complexity index is 1130. The number of alkyl halides is 3. The van der Waals surface area contributed by atoms with Crippen molar-refractivity contribution in [3.05, 3.63) is 100 Å². The summed E-state index contributed by atoms with van der Waals surface area (Å²) in [5, 5.41) is 8.94. The first-order chi connectivity index (χ1) is 15.0. The Morgan fingerprint density at radius 3 is 2.16 bits per heavy atom. The molecule has 0 aliphatic rings. The van der Waals surface area contributed by atoms with E-state index in [1.807, 2.05) is 0 Å². The number of hydrogen-bond donors (Lipinski definition) is 1. The molecule has 0 bridgehead atoms. The molecule has 166 valence electrons. The second-order valence-electron chi connectivity index (χ2n) is 6.83. The number of aromatic carboxylic acids is 1. The predicted octanol–water partition coefficient (Wildman–Crippen LogP) is 4.92. The minimum absolute atomic E-state index is 0.222. The van der Waals surface area contributed by atoms with Crippen LogP contribution in [0.15, 0.2) is 60.8 Å². The van der Waals surface area contributed by atoms with E-state index in [0.717, 1.165) is 29.3 Å². The van der Waals surface area contributed by atoms with E-state index in [2.05, 4.69) is 4.98 Å². The number of nitrogens with zero attached hydrogens (tertiary/aromatic N) is 2. The van der Waals surface area contributed by atoms with E-state index in [-0.39, 0.29) is 23.4 Å². The third-order valence-electron chi connectivity index (χ3n) is 4.50. The average Bonchev–Trinajstić information content (AvgIpc) is 2.72. The zero-order chi connectivity index (χ0) is 23.5. The van der Waals surface area contributed by atoms with Gasteiger partial charge in [0.15, 0.2) is 0 Å². The van der Waals surface area contributed by atoms with Crippen molar-refractivity contribution < 1.29 is 36.6 Å². The van der Waals surface area contributed by atoms with Gasteiger partial charge in [0.25, 0.3) is 5.91 Å². The molecule has 0 radical (unpaired) electrons. The largest absolute Gasteiger partial charge is 0.477 e. The Morgan fingerprint density at radius 1 is 0.938 bits per heavy atom. The number of hydrogen-bond acceptors (Lipinski definition) is 3. The van der Waals surface area contributed by atoms with Crippen LogP contribution in [0.4, 0.5) is 22.0 Å². The van der Waals surface area contributed by atoms with Crippen LogP contribution in [0.1, 0.15) is 37.5 Å². The lowest BCUT2D eigenvalue weighted by Crippen LogP contribution is -2.31. The highest BCUT2D eigenvalue weighted by Crippen LogP contribution is 2.32. The minimum atomic E-state index is -4.68. The molecule has 1 amide bonds. The Balaban J connectivity index is 1.99. The standard InChI is InChI=1S/C22H15F5N2O3/c23-16-7-15(8-17(24)9-16)20(30)29(11-13-5-6-19(21(31)32)28-10-13)12-14-3-1-2-4-18(14)22(25,26)27/h1-10H,11-12H2,(H,31,32). The van der Waals surface area contributed by atoms with E-state index >= 15 is 0 Å². The molecule has 3 aromatic rings. The van der Waals surface area contributed by atoms with Crippen molar-refractivity contribution in [2.75, 3.05) is 0 Å². The molecule has 32 heavy (non-hydrogen) atoms. The van der Waals surface area contributed by atoms with Crippen LogP contribution >= 0.6 is 0 Å². The van der Waals surface area contributed by atoms with Gasteiger partial charge in [-0.05, 0) is 35.4 Å². The summed E-state index contributed by atoms with van der Waals surface area (Å²) >= 11 is 0. The number of amides is 1. The van der Waals surface area contributed by atoms with Crippen molar-refractivity contribution in [3.63, 3.8) is 0 Å². The van der Waals surface area contributed by atoms with Gasteiger partial charge in [-0.1, -0.05) is 24.3 Å². The molecule has 0 aliphatic heterocycles. The Labute approximate surface area is 178 Å². The molecule has 0 atom stereocenters. The molecule has 0 saturated heterocycles. The summed E-state index contributed by atoms with van der Waals surface area (Å²) in [6.45, 7) is -0.802. The van der Waals surface area contributed by atoms with Gasteiger partial charge in [-0.15, -0.1) is 0 Å². The van der Waals surface area contributed by atoms with Gasteiger partial charge in [-0.25, -0.2) is 18.6 Å². The van der Waals surface area contributed by atoms with Crippen LogP contribution in [0.2, 0.25) is 0 Å². The van der Waals surface area contributed by atoms with E-state index < -0.39 is 41.8 Å². The Morgan fingerprint density at radius 2 is 1.59 bits per heavy atom. The number of halogens is 5. The lowest BCUT2D eigenvalue weighted by molar-refractivity contribution is -0.138. The topological polar surface area (TPSA) is 70.5 Å². The zero-order valence-electron chi connectivity index (χ0n) is 16.2. The summed E-state index contributed by atoms with van der Waals surface area (Å²) in [5.41, 5.74) is -1.52. The molecule has 2 aromatic carbocycles. The fraction of sp³-hybridized carbons (Fsp3) is 0.136.